The van der Waals surface area contributed by atoms with Crippen LogP contribution in [0.25, 0.3) is 0 Å². The summed E-state index contributed by atoms with van der Waals surface area (Å²) in [6.45, 7) is 0.315. The Hall–Kier alpha value is -3.04. The highest BCUT2D eigenvalue weighted by atomic mass is 32.1. The van der Waals surface area contributed by atoms with Gasteiger partial charge in [0.25, 0.3) is 11.8 Å². The fourth-order valence-electron chi connectivity index (χ4n) is 2.41. The average molecular weight is 415 g/mol. The van der Waals surface area contributed by atoms with Crippen LogP contribution in [0.1, 0.15) is 31.3 Å². The average Bonchev–Trinajstić information content (AvgIpc) is 3.38. The predicted octanol–water partition coefficient (Wildman–Crippen LogP) is 2.68. The maximum absolute atomic E-state index is 12.2. The molecular formula is C19H18N4O3S2. The summed E-state index contributed by atoms with van der Waals surface area (Å²) in [6, 6.07) is 10.6. The van der Waals surface area contributed by atoms with E-state index < -0.39 is 0 Å². The molecule has 3 amide bonds. The van der Waals surface area contributed by atoms with E-state index in [1.54, 1.807) is 36.7 Å². The molecule has 2 heterocycles. The zero-order valence-corrected chi connectivity index (χ0v) is 16.7. The first-order chi connectivity index (χ1) is 13.5. The van der Waals surface area contributed by atoms with Gasteiger partial charge in [-0.1, -0.05) is 18.2 Å². The topological polar surface area (TPSA) is 100 Å². The number of aromatic nitrogens is 1. The maximum Gasteiger partial charge on any atom is 0.267 e. The molecule has 3 N–H and O–H groups in total. The van der Waals surface area contributed by atoms with Gasteiger partial charge in [-0.25, -0.2) is 4.98 Å². The number of carbonyl (C=O) groups is 3. The van der Waals surface area contributed by atoms with Gasteiger partial charge >= 0.3 is 0 Å². The van der Waals surface area contributed by atoms with Crippen molar-refractivity contribution < 1.29 is 14.4 Å². The molecule has 0 saturated carbocycles. The molecule has 28 heavy (non-hydrogen) atoms. The molecule has 0 aliphatic heterocycles. The molecular weight excluding hydrogens is 396 g/mol. The lowest BCUT2D eigenvalue weighted by Crippen LogP contribution is -2.25. The SMILES string of the molecule is CNC(=O)c1cccc(CNC(=O)Cc2csc(NC(=O)c3cccs3)n2)c1. The van der Waals surface area contributed by atoms with E-state index >= 15 is 0 Å². The molecule has 3 aromatic rings. The van der Waals surface area contributed by atoms with E-state index in [0.29, 0.717) is 27.8 Å². The van der Waals surface area contributed by atoms with Crippen LogP contribution in [0.4, 0.5) is 5.13 Å². The lowest BCUT2D eigenvalue weighted by Gasteiger charge is -2.06. The van der Waals surface area contributed by atoms with E-state index in [9.17, 15) is 14.4 Å². The largest absolute Gasteiger partial charge is 0.355 e. The Balaban J connectivity index is 1.51. The monoisotopic (exact) mass is 414 g/mol. The Labute approximate surface area is 169 Å². The van der Waals surface area contributed by atoms with E-state index in [2.05, 4.69) is 20.9 Å². The Morgan fingerprint density at radius 3 is 2.68 bits per heavy atom. The maximum atomic E-state index is 12.2. The highest BCUT2D eigenvalue weighted by molar-refractivity contribution is 7.14. The summed E-state index contributed by atoms with van der Waals surface area (Å²) in [5.41, 5.74) is 1.96. The third-order valence-electron chi connectivity index (χ3n) is 3.76. The molecule has 0 spiro atoms. The lowest BCUT2D eigenvalue weighted by atomic mass is 10.1. The molecule has 1 aromatic carbocycles. The third-order valence-corrected chi connectivity index (χ3v) is 5.44. The van der Waals surface area contributed by atoms with Crippen molar-refractivity contribution in [3.8, 4) is 0 Å². The normalized spacial score (nSPS) is 10.3. The van der Waals surface area contributed by atoms with Crippen molar-refractivity contribution in [2.45, 2.75) is 13.0 Å². The minimum Gasteiger partial charge on any atom is -0.355 e. The van der Waals surface area contributed by atoms with Crippen molar-refractivity contribution in [2.24, 2.45) is 0 Å². The molecule has 2 aromatic heterocycles. The molecule has 0 fully saturated rings. The standard InChI is InChI=1S/C19H18N4O3S2/c1-20-17(25)13-5-2-4-12(8-13)10-21-16(24)9-14-11-28-19(22-14)23-18(26)15-6-3-7-27-15/h2-8,11H,9-10H2,1H3,(H,20,25)(H,21,24)(H,22,23,26). The molecule has 7 nitrogen and oxygen atoms in total. The smallest absolute Gasteiger partial charge is 0.267 e. The summed E-state index contributed by atoms with van der Waals surface area (Å²) >= 11 is 2.63. The lowest BCUT2D eigenvalue weighted by molar-refractivity contribution is -0.120. The van der Waals surface area contributed by atoms with Crippen LogP contribution < -0.4 is 16.0 Å². The molecule has 3 rings (SSSR count). The summed E-state index contributed by atoms with van der Waals surface area (Å²) in [4.78, 5) is 40.7. The van der Waals surface area contributed by atoms with Crippen molar-refractivity contribution in [3.05, 3.63) is 68.9 Å². The van der Waals surface area contributed by atoms with Crippen molar-refractivity contribution in [3.63, 3.8) is 0 Å². The number of rotatable bonds is 7. The Morgan fingerprint density at radius 2 is 1.93 bits per heavy atom. The van der Waals surface area contributed by atoms with Gasteiger partial charge in [-0.3, -0.25) is 19.7 Å². The first-order valence-electron chi connectivity index (χ1n) is 8.42. The van der Waals surface area contributed by atoms with Crippen molar-refractivity contribution in [1.29, 1.82) is 0 Å². The molecule has 0 aliphatic rings. The van der Waals surface area contributed by atoms with Crippen LogP contribution in [0, 0.1) is 0 Å². The fraction of sp³-hybridized carbons (Fsp3) is 0.158. The van der Waals surface area contributed by atoms with Crippen LogP contribution in [0.5, 0.6) is 0 Å². The number of nitrogens with one attached hydrogen (secondary N) is 3. The number of thiazole rings is 1. The van der Waals surface area contributed by atoms with Crippen LogP contribution in [0.15, 0.2) is 47.2 Å². The van der Waals surface area contributed by atoms with Gasteiger partial charge in [0.1, 0.15) is 0 Å². The van der Waals surface area contributed by atoms with Crippen LogP contribution in [-0.4, -0.2) is 29.8 Å². The molecule has 0 unspecified atom stereocenters. The fourth-order valence-corrected chi connectivity index (χ4v) is 3.73. The molecule has 9 heteroatoms. The number of anilines is 1. The zero-order valence-electron chi connectivity index (χ0n) is 15.0. The van der Waals surface area contributed by atoms with E-state index in [0.717, 1.165) is 5.56 Å². The van der Waals surface area contributed by atoms with Gasteiger partial charge in [-0.05, 0) is 29.1 Å². The van der Waals surface area contributed by atoms with Crippen molar-refractivity contribution in [1.82, 2.24) is 15.6 Å². The Morgan fingerprint density at radius 1 is 1.07 bits per heavy atom. The van der Waals surface area contributed by atoms with Gasteiger partial charge in [0.2, 0.25) is 5.91 Å². The van der Waals surface area contributed by atoms with Gasteiger partial charge in [-0.2, -0.15) is 0 Å². The van der Waals surface area contributed by atoms with Crippen LogP contribution in [0.3, 0.4) is 0 Å². The molecule has 144 valence electrons. The van der Waals surface area contributed by atoms with E-state index in [1.165, 1.54) is 22.7 Å². The van der Waals surface area contributed by atoms with E-state index in [4.69, 9.17) is 0 Å². The van der Waals surface area contributed by atoms with Crippen LogP contribution in [0.2, 0.25) is 0 Å². The van der Waals surface area contributed by atoms with Gasteiger partial charge in [0.05, 0.1) is 17.0 Å². The minimum absolute atomic E-state index is 0.112. The van der Waals surface area contributed by atoms with Crippen LogP contribution >= 0.6 is 22.7 Å². The summed E-state index contributed by atoms with van der Waals surface area (Å²) < 4.78 is 0. The third kappa shape index (κ3) is 5.24. The predicted molar refractivity (Wildman–Crippen MR) is 110 cm³/mol. The Kier molecular flexibility index (Phi) is 6.51. The number of hydrogen-bond acceptors (Lipinski definition) is 6. The molecule has 0 atom stereocenters. The first-order valence-corrected chi connectivity index (χ1v) is 10.2. The summed E-state index contributed by atoms with van der Waals surface area (Å²) in [5, 5.41) is 12.1. The second-order valence-electron chi connectivity index (χ2n) is 5.81. The molecule has 0 bridgehead atoms. The zero-order chi connectivity index (χ0) is 19.9. The van der Waals surface area contributed by atoms with Crippen molar-refractivity contribution in [2.75, 3.05) is 12.4 Å². The molecule has 0 radical (unpaired) electrons. The van der Waals surface area contributed by atoms with E-state index in [-0.39, 0.29) is 24.1 Å². The summed E-state index contributed by atoms with van der Waals surface area (Å²) in [7, 11) is 1.57. The number of amides is 3. The number of nitrogens with zero attached hydrogens (tertiary/aromatic N) is 1. The highest BCUT2D eigenvalue weighted by Crippen LogP contribution is 2.18. The van der Waals surface area contributed by atoms with Gasteiger partial charge in [-0.15, -0.1) is 22.7 Å². The van der Waals surface area contributed by atoms with Gasteiger partial charge < -0.3 is 10.6 Å². The highest BCUT2D eigenvalue weighted by Gasteiger charge is 2.12. The van der Waals surface area contributed by atoms with Crippen LogP contribution in [-0.2, 0) is 17.8 Å². The quantitative estimate of drug-likeness (QED) is 0.553. The number of thiophene rings is 1. The first kappa shape index (κ1) is 19.7. The Bertz CT molecular complexity index is 983. The number of carbonyl (C=O) groups excluding carboxylic acids is 3. The van der Waals surface area contributed by atoms with Gasteiger partial charge in [0, 0.05) is 24.5 Å². The number of hydrogen-bond donors (Lipinski definition) is 3. The number of benzene rings is 1. The summed E-state index contributed by atoms with van der Waals surface area (Å²) in [5.74, 6) is -0.573. The molecule has 0 saturated heterocycles. The minimum atomic E-state index is -0.212. The van der Waals surface area contributed by atoms with Gasteiger partial charge in [0.15, 0.2) is 5.13 Å². The van der Waals surface area contributed by atoms with E-state index in [1.807, 2.05) is 17.5 Å². The van der Waals surface area contributed by atoms with Crippen molar-refractivity contribution >= 4 is 45.5 Å². The second-order valence-corrected chi connectivity index (χ2v) is 7.61. The second kappa shape index (κ2) is 9.25. The summed E-state index contributed by atoms with van der Waals surface area (Å²) in [6.07, 6.45) is 0.112. The molecule has 0 aliphatic carbocycles.